The third kappa shape index (κ3) is 3.40. The zero-order valence-electron chi connectivity index (χ0n) is 13.2. The van der Waals surface area contributed by atoms with Crippen LogP contribution in [0.3, 0.4) is 0 Å². The minimum atomic E-state index is 0.932. The summed E-state index contributed by atoms with van der Waals surface area (Å²) in [7, 11) is 0. The molecule has 0 N–H and O–H groups in total. The van der Waals surface area contributed by atoms with Gasteiger partial charge in [-0.25, -0.2) is 9.97 Å². The number of fused-ring (bicyclic) bond motifs is 1. The van der Waals surface area contributed by atoms with Crippen molar-refractivity contribution in [2.45, 2.75) is 32.4 Å². The molecule has 4 rings (SSSR count). The summed E-state index contributed by atoms with van der Waals surface area (Å²) >= 11 is 3.55. The van der Waals surface area contributed by atoms with E-state index < -0.39 is 0 Å². The highest BCUT2D eigenvalue weighted by Crippen LogP contribution is 2.23. The summed E-state index contributed by atoms with van der Waals surface area (Å²) in [6.45, 7) is 5.20. The van der Waals surface area contributed by atoms with E-state index in [1.165, 1.54) is 29.7 Å². The van der Waals surface area contributed by atoms with E-state index in [1.54, 1.807) is 0 Å². The molecule has 1 fully saturated rings. The molecule has 23 heavy (non-hydrogen) atoms. The van der Waals surface area contributed by atoms with Crippen molar-refractivity contribution in [3.8, 4) is 0 Å². The molecule has 1 aromatic carbocycles. The largest absolute Gasteiger partial charge is 0.341 e. The Labute approximate surface area is 145 Å². The van der Waals surface area contributed by atoms with Crippen LogP contribution < -0.4 is 4.90 Å². The van der Waals surface area contributed by atoms with Gasteiger partial charge in [-0.1, -0.05) is 28.1 Å². The lowest BCUT2D eigenvalue weighted by Crippen LogP contribution is -2.31. The fraction of sp³-hybridized carbons (Fsp3) is 0.444. The molecule has 5 heteroatoms. The molecule has 0 atom stereocenters. The normalized spacial score (nSPS) is 18.2. The number of nitrogens with zero attached hydrogens (tertiary/aromatic N) is 4. The van der Waals surface area contributed by atoms with Gasteiger partial charge in [-0.05, 0) is 30.5 Å². The molecule has 0 amide bonds. The molecule has 2 aliphatic heterocycles. The van der Waals surface area contributed by atoms with Crippen molar-refractivity contribution < 1.29 is 0 Å². The summed E-state index contributed by atoms with van der Waals surface area (Å²) in [5, 5.41) is 0. The Morgan fingerprint density at radius 3 is 2.83 bits per heavy atom. The molecule has 0 unspecified atom stereocenters. The molecule has 4 nitrogen and oxygen atoms in total. The van der Waals surface area contributed by atoms with E-state index in [4.69, 9.17) is 4.98 Å². The summed E-state index contributed by atoms with van der Waals surface area (Å²) in [5.74, 6) is 0.932. The minimum Gasteiger partial charge on any atom is -0.341 e. The third-order valence-corrected chi connectivity index (χ3v) is 5.18. The second kappa shape index (κ2) is 6.57. The number of aromatic nitrogens is 2. The lowest BCUT2D eigenvalue weighted by Gasteiger charge is -2.28. The Morgan fingerprint density at radius 2 is 2.00 bits per heavy atom. The van der Waals surface area contributed by atoms with Gasteiger partial charge in [-0.15, -0.1) is 0 Å². The Kier molecular flexibility index (Phi) is 4.31. The highest BCUT2D eigenvalue weighted by molar-refractivity contribution is 9.10. The molecule has 0 saturated carbocycles. The molecule has 0 radical (unpaired) electrons. The van der Waals surface area contributed by atoms with Crippen molar-refractivity contribution in [1.29, 1.82) is 0 Å². The fourth-order valence-electron chi connectivity index (χ4n) is 3.46. The van der Waals surface area contributed by atoms with Gasteiger partial charge in [0.25, 0.3) is 0 Å². The molecular formula is C18H21BrN4. The van der Waals surface area contributed by atoms with E-state index in [0.29, 0.717) is 0 Å². The van der Waals surface area contributed by atoms with Crippen LogP contribution in [0.1, 0.15) is 29.7 Å². The topological polar surface area (TPSA) is 32.3 Å². The molecule has 3 heterocycles. The minimum absolute atomic E-state index is 0.932. The molecule has 2 aliphatic rings. The first-order valence-corrected chi connectivity index (χ1v) is 9.14. The molecule has 0 aliphatic carbocycles. The van der Waals surface area contributed by atoms with E-state index in [2.05, 4.69) is 55.0 Å². The van der Waals surface area contributed by atoms with Gasteiger partial charge >= 0.3 is 0 Å². The Balaban J connectivity index is 1.47. The maximum absolute atomic E-state index is 4.83. The lowest BCUT2D eigenvalue weighted by molar-refractivity contribution is 0.243. The van der Waals surface area contributed by atoms with Crippen LogP contribution in [0.15, 0.2) is 34.9 Å². The standard InChI is InChI=1S/C18H21BrN4/c19-16-5-3-4-14(10-16)12-22-9-6-17-15(13-22)11-20-18(21-17)23-7-1-2-8-23/h3-5,10-11H,1-2,6-9,12-13H2. The second-order valence-corrected chi connectivity index (χ2v) is 7.34. The molecule has 0 spiro atoms. The molecular weight excluding hydrogens is 352 g/mol. The number of hydrogen-bond donors (Lipinski definition) is 0. The first kappa shape index (κ1) is 15.1. The maximum Gasteiger partial charge on any atom is 0.225 e. The van der Waals surface area contributed by atoms with Crippen LogP contribution in [0, 0.1) is 0 Å². The fourth-order valence-corrected chi connectivity index (χ4v) is 3.91. The molecule has 1 aromatic heterocycles. The molecule has 0 bridgehead atoms. The first-order valence-electron chi connectivity index (χ1n) is 8.34. The summed E-state index contributed by atoms with van der Waals surface area (Å²) in [6, 6.07) is 8.56. The first-order chi connectivity index (χ1) is 11.3. The summed E-state index contributed by atoms with van der Waals surface area (Å²) < 4.78 is 1.14. The third-order valence-electron chi connectivity index (χ3n) is 4.68. The van der Waals surface area contributed by atoms with Crippen LogP contribution >= 0.6 is 15.9 Å². The van der Waals surface area contributed by atoms with Crippen LogP contribution in [0.25, 0.3) is 0 Å². The van der Waals surface area contributed by atoms with Gasteiger partial charge in [0, 0.05) is 55.4 Å². The summed E-state index contributed by atoms with van der Waals surface area (Å²) in [4.78, 5) is 14.2. The van der Waals surface area contributed by atoms with Gasteiger partial charge in [-0.3, -0.25) is 4.90 Å². The van der Waals surface area contributed by atoms with Crippen LogP contribution in [0.4, 0.5) is 5.95 Å². The van der Waals surface area contributed by atoms with Crippen LogP contribution in [0.5, 0.6) is 0 Å². The maximum atomic E-state index is 4.83. The van der Waals surface area contributed by atoms with E-state index in [-0.39, 0.29) is 0 Å². The summed E-state index contributed by atoms with van der Waals surface area (Å²) in [5.41, 5.74) is 3.87. The number of benzene rings is 1. The number of rotatable bonds is 3. The smallest absolute Gasteiger partial charge is 0.225 e. The van der Waals surface area contributed by atoms with Gasteiger partial charge in [0.05, 0.1) is 5.69 Å². The zero-order valence-corrected chi connectivity index (χ0v) is 14.8. The number of anilines is 1. The SMILES string of the molecule is Brc1cccc(CN2CCc3nc(N4CCCC4)ncc3C2)c1. The average molecular weight is 373 g/mol. The quantitative estimate of drug-likeness (QED) is 0.826. The van der Waals surface area contributed by atoms with Gasteiger partial charge in [0.15, 0.2) is 0 Å². The lowest BCUT2D eigenvalue weighted by atomic mass is 10.1. The van der Waals surface area contributed by atoms with Crippen LogP contribution in [-0.4, -0.2) is 34.5 Å². The molecule has 120 valence electrons. The Hall–Kier alpha value is -1.46. The highest BCUT2D eigenvalue weighted by atomic mass is 79.9. The van der Waals surface area contributed by atoms with Crippen LogP contribution in [-0.2, 0) is 19.5 Å². The predicted octanol–water partition coefficient (Wildman–Crippen LogP) is 3.40. The monoisotopic (exact) mass is 372 g/mol. The number of halogens is 1. The van der Waals surface area contributed by atoms with E-state index >= 15 is 0 Å². The summed E-state index contributed by atoms with van der Waals surface area (Å²) in [6.07, 6.45) is 5.59. The van der Waals surface area contributed by atoms with Crippen molar-refractivity contribution in [2.24, 2.45) is 0 Å². The van der Waals surface area contributed by atoms with E-state index in [9.17, 15) is 0 Å². The van der Waals surface area contributed by atoms with Crippen molar-refractivity contribution in [3.05, 3.63) is 51.8 Å². The van der Waals surface area contributed by atoms with Gasteiger partial charge in [0.1, 0.15) is 0 Å². The van der Waals surface area contributed by atoms with Gasteiger partial charge < -0.3 is 4.90 Å². The van der Waals surface area contributed by atoms with Crippen LogP contribution in [0.2, 0.25) is 0 Å². The average Bonchev–Trinajstić information content (AvgIpc) is 3.09. The van der Waals surface area contributed by atoms with Crippen molar-refractivity contribution >= 4 is 21.9 Å². The second-order valence-electron chi connectivity index (χ2n) is 6.43. The zero-order chi connectivity index (χ0) is 15.6. The predicted molar refractivity (Wildman–Crippen MR) is 95.4 cm³/mol. The van der Waals surface area contributed by atoms with Crippen molar-refractivity contribution in [1.82, 2.24) is 14.9 Å². The Bertz CT molecular complexity index is 697. The highest BCUT2D eigenvalue weighted by Gasteiger charge is 2.21. The molecule has 1 saturated heterocycles. The van der Waals surface area contributed by atoms with E-state index in [1.807, 2.05) is 6.20 Å². The Morgan fingerprint density at radius 1 is 1.13 bits per heavy atom. The molecule has 2 aromatic rings. The van der Waals surface area contributed by atoms with Gasteiger partial charge in [-0.2, -0.15) is 0 Å². The van der Waals surface area contributed by atoms with Crippen molar-refractivity contribution in [3.63, 3.8) is 0 Å². The van der Waals surface area contributed by atoms with E-state index in [0.717, 1.165) is 49.6 Å². The van der Waals surface area contributed by atoms with Gasteiger partial charge in [0.2, 0.25) is 5.95 Å². The van der Waals surface area contributed by atoms with Crippen molar-refractivity contribution in [2.75, 3.05) is 24.5 Å². The number of hydrogen-bond acceptors (Lipinski definition) is 4.